The van der Waals surface area contributed by atoms with Gasteiger partial charge < -0.3 is 10.1 Å². The van der Waals surface area contributed by atoms with Crippen LogP contribution in [0.2, 0.25) is 0 Å². The first-order chi connectivity index (χ1) is 8.67. The smallest absolute Gasteiger partial charge is 0.116 e. The maximum absolute atomic E-state index is 10.3. The van der Waals surface area contributed by atoms with Crippen LogP contribution in [-0.4, -0.2) is 20.8 Å². The molecule has 0 aliphatic carbocycles. The van der Waals surface area contributed by atoms with Crippen molar-refractivity contribution in [1.29, 1.82) is 0 Å². The molecule has 0 aliphatic heterocycles. The second-order valence-corrected chi connectivity index (χ2v) is 4.75. The van der Waals surface area contributed by atoms with Gasteiger partial charge in [-0.15, -0.1) is 0 Å². The van der Waals surface area contributed by atoms with E-state index in [1.54, 1.807) is 6.20 Å². The second kappa shape index (κ2) is 5.50. The summed E-state index contributed by atoms with van der Waals surface area (Å²) < 4.78 is 0. The summed E-state index contributed by atoms with van der Waals surface area (Å²) in [6.07, 6.45) is 6.05. The van der Waals surface area contributed by atoms with Gasteiger partial charge in [0.2, 0.25) is 0 Å². The zero-order valence-corrected chi connectivity index (χ0v) is 11.0. The molecule has 2 rings (SSSR count). The highest BCUT2D eigenvalue weighted by molar-refractivity contribution is 5.79. The number of hydrogen-bond acceptors (Lipinski definition) is 3. The maximum Gasteiger partial charge on any atom is 0.116 e. The molecule has 1 atom stereocenters. The lowest BCUT2D eigenvalue weighted by atomic mass is 10.1. The summed E-state index contributed by atoms with van der Waals surface area (Å²) in [5, 5.41) is 14.7. The fraction of sp³-hybridized carbons (Fsp3) is 0.500. The summed E-state index contributed by atoms with van der Waals surface area (Å²) in [6.45, 7) is 4.72. The first-order valence-corrected chi connectivity index (χ1v) is 6.56. The Morgan fingerprint density at radius 1 is 1.44 bits per heavy atom. The van der Waals surface area contributed by atoms with E-state index in [-0.39, 0.29) is 0 Å². The fourth-order valence-electron chi connectivity index (χ4n) is 2.19. The van der Waals surface area contributed by atoms with Gasteiger partial charge in [-0.05, 0) is 25.0 Å². The molecule has 0 saturated heterocycles. The molecule has 0 saturated carbocycles. The van der Waals surface area contributed by atoms with Crippen LogP contribution in [-0.2, 0) is 6.54 Å². The third-order valence-corrected chi connectivity index (χ3v) is 3.34. The van der Waals surface area contributed by atoms with Gasteiger partial charge in [-0.1, -0.05) is 20.3 Å². The van der Waals surface area contributed by atoms with Crippen LogP contribution in [0.4, 0.5) is 0 Å². The Labute approximate surface area is 107 Å². The van der Waals surface area contributed by atoms with E-state index in [2.05, 4.69) is 28.3 Å². The molecule has 18 heavy (non-hydrogen) atoms. The minimum absolute atomic E-state index is 0.638. The van der Waals surface area contributed by atoms with Crippen molar-refractivity contribution in [2.75, 3.05) is 0 Å². The van der Waals surface area contributed by atoms with Crippen molar-refractivity contribution in [1.82, 2.24) is 15.3 Å². The van der Waals surface area contributed by atoms with Crippen LogP contribution >= 0.6 is 0 Å². The first kappa shape index (κ1) is 13.1. The fourth-order valence-corrected chi connectivity index (χ4v) is 2.19. The van der Waals surface area contributed by atoms with E-state index in [9.17, 15) is 5.11 Å². The zero-order chi connectivity index (χ0) is 13.0. The van der Waals surface area contributed by atoms with E-state index >= 15 is 0 Å². The predicted octanol–water partition coefficient (Wildman–Crippen LogP) is 2.55. The standard InChI is InChI=1S/C14H21N3O/c1-3-6-14(18,4-2)16-9-12-8-11-5-7-15-10-13(11)17-12/h5,7-8,10,16-18H,3-4,6,9H2,1-2H3. The Hall–Kier alpha value is -1.39. The predicted molar refractivity (Wildman–Crippen MR) is 73.1 cm³/mol. The summed E-state index contributed by atoms with van der Waals surface area (Å²) >= 11 is 0. The monoisotopic (exact) mass is 247 g/mol. The third-order valence-electron chi connectivity index (χ3n) is 3.34. The zero-order valence-electron chi connectivity index (χ0n) is 11.0. The first-order valence-electron chi connectivity index (χ1n) is 6.56. The number of nitrogens with one attached hydrogen (secondary N) is 2. The van der Waals surface area contributed by atoms with E-state index in [4.69, 9.17) is 0 Å². The average Bonchev–Trinajstić information content (AvgIpc) is 2.79. The quantitative estimate of drug-likeness (QED) is 0.687. The van der Waals surface area contributed by atoms with Crippen LogP contribution in [0.1, 0.15) is 38.8 Å². The highest BCUT2D eigenvalue weighted by atomic mass is 16.3. The number of aromatic amines is 1. The van der Waals surface area contributed by atoms with Crippen LogP contribution in [0.25, 0.3) is 10.9 Å². The molecule has 1 unspecified atom stereocenters. The molecule has 0 aromatic carbocycles. The minimum atomic E-state index is -0.760. The van der Waals surface area contributed by atoms with E-state index in [0.717, 1.165) is 29.4 Å². The molecule has 0 bridgehead atoms. The summed E-state index contributed by atoms with van der Waals surface area (Å²) in [5.41, 5.74) is 1.34. The Bertz CT molecular complexity index is 475. The highest BCUT2D eigenvalue weighted by Crippen LogP contribution is 2.17. The number of aliphatic hydroxyl groups is 1. The van der Waals surface area contributed by atoms with Crippen molar-refractivity contribution in [3.8, 4) is 0 Å². The molecule has 2 heterocycles. The summed E-state index contributed by atoms with van der Waals surface area (Å²) in [5.74, 6) is 0. The van der Waals surface area contributed by atoms with Gasteiger partial charge in [0.1, 0.15) is 5.72 Å². The Kier molecular flexibility index (Phi) is 3.99. The largest absolute Gasteiger partial charge is 0.376 e. The number of nitrogens with zero attached hydrogens (tertiary/aromatic N) is 1. The molecule has 0 fully saturated rings. The molecule has 0 spiro atoms. The van der Waals surface area contributed by atoms with Crippen molar-refractivity contribution < 1.29 is 5.11 Å². The minimum Gasteiger partial charge on any atom is -0.376 e. The lowest BCUT2D eigenvalue weighted by Crippen LogP contribution is -2.44. The van der Waals surface area contributed by atoms with Gasteiger partial charge in [0.25, 0.3) is 0 Å². The van der Waals surface area contributed by atoms with Crippen molar-refractivity contribution in [2.45, 2.75) is 45.4 Å². The van der Waals surface area contributed by atoms with Gasteiger partial charge in [-0.2, -0.15) is 0 Å². The molecular weight excluding hydrogens is 226 g/mol. The summed E-state index contributed by atoms with van der Waals surface area (Å²) in [7, 11) is 0. The normalized spacial score (nSPS) is 14.8. The Morgan fingerprint density at radius 2 is 2.28 bits per heavy atom. The second-order valence-electron chi connectivity index (χ2n) is 4.75. The number of H-pyrrole nitrogens is 1. The molecule has 4 nitrogen and oxygen atoms in total. The molecular formula is C14H21N3O. The molecule has 0 amide bonds. The number of hydrogen-bond donors (Lipinski definition) is 3. The Balaban J connectivity index is 2.05. The maximum atomic E-state index is 10.3. The van der Waals surface area contributed by atoms with Gasteiger partial charge in [-0.25, -0.2) is 0 Å². The van der Waals surface area contributed by atoms with Gasteiger partial charge in [0, 0.05) is 23.8 Å². The highest BCUT2D eigenvalue weighted by Gasteiger charge is 2.22. The molecule has 4 heteroatoms. The van der Waals surface area contributed by atoms with Crippen molar-refractivity contribution in [3.63, 3.8) is 0 Å². The van der Waals surface area contributed by atoms with Crippen LogP contribution in [0, 0.1) is 0 Å². The molecule has 0 radical (unpaired) electrons. The SMILES string of the molecule is CCCC(O)(CC)NCc1cc2ccncc2[nH]1. The van der Waals surface area contributed by atoms with Crippen LogP contribution < -0.4 is 5.32 Å². The van der Waals surface area contributed by atoms with E-state index < -0.39 is 5.72 Å². The van der Waals surface area contributed by atoms with Gasteiger partial charge in [0.05, 0.1) is 11.7 Å². The number of fused-ring (bicyclic) bond motifs is 1. The number of rotatable bonds is 6. The molecule has 98 valence electrons. The molecule has 2 aromatic rings. The van der Waals surface area contributed by atoms with Crippen LogP contribution in [0.15, 0.2) is 24.5 Å². The molecule has 3 N–H and O–H groups in total. The van der Waals surface area contributed by atoms with Gasteiger partial charge >= 0.3 is 0 Å². The van der Waals surface area contributed by atoms with Crippen LogP contribution in [0.3, 0.4) is 0 Å². The Morgan fingerprint density at radius 3 is 2.94 bits per heavy atom. The summed E-state index contributed by atoms with van der Waals surface area (Å²) in [6, 6.07) is 4.07. The van der Waals surface area contributed by atoms with Gasteiger partial charge in [-0.3, -0.25) is 10.3 Å². The van der Waals surface area contributed by atoms with E-state index in [1.807, 2.05) is 19.2 Å². The van der Waals surface area contributed by atoms with Crippen molar-refractivity contribution in [3.05, 3.63) is 30.2 Å². The van der Waals surface area contributed by atoms with Gasteiger partial charge in [0.15, 0.2) is 0 Å². The van der Waals surface area contributed by atoms with E-state index in [1.165, 1.54) is 0 Å². The molecule has 2 aromatic heterocycles. The lowest BCUT2D eigenvalue weighted by Gasteiger charge is -2.27. The third kappa shape index (κ3) is 2.89. The summed E-state index contributed by atoms with van der Waals surface area (Å²) in [4.78, 5) is 7.38. The lowest BCUT2D eigenvalue weighted by molar-refractivity contribution is -0.00945. The average molecular weight is 247 g/mol. The van der Waals surface area contributed by atoms with Crippen LogP contribution in [0.5, 0.6) is 0 Å². The van der Waals surface area contributed by atoms with Crippen molar-refractivity contribution in [2.24, 2.45) is 0 Å². The van der Waals surface area contributed by atoms with Crippen molar-refractivity contribution >= 4 is 10.9 Å². The van der Waals surface area contributed by atoms with E-state index in [0.29, 0.717) is 13.0 Å². The number of pyridine rings is 1. The molecule has 0 aliphatic rings. The number of aromatic nitrogens is 2. The topological polar surface area (TPSA) is 60.9 Å².